The Morgan fingerprint density at radius 1 is 1.21 bits per heavy atom. The lowest BCUT2D eigenvalue weighted by Gasteiger charge is -2.13. The van der Waals surface area contributed by atoms with Gasteiger partial charge in [-0.3, -0.25) is 10.1 Å². The minimum Gasteiger partial charge on any atom is -0.481 e. The first-order valence-electron chi connectivity index (χ1n) is 8.53. The van der Waals surface area contributed by atoms with Crippen molar-refractivity contribution in [2.45, 2.75) is 30.0 Å². The van der Waals surface area contributed by atoms with E-state index in [2.05, 4.69) is 46.7 Å². The van der Waals surface area contributed by atoms with Gasteiger partial charge in [-0.25, -0.2) is 0 Å². The number of aromatic nitrogens is 2. The number of thioether (sulfide) groups is 1. The molecule has 1 aromatic heterocycles. The van der Waals surface area contributed by atoms with Crippen LogP contribution in [0.15, 0.2) is 52.9 Å². The normalized spacial score (nSPS) is 11.5. The van der Waals surface area contributed by atoms with Crippen molar-refractivity contribution < 1.29 is 9.53 Å². The molecule has 0 aliphatic heterocycles. The number of hydrogen-bond donors (Lipinski definition) is 1. The van der Waals surface area contributed by atoms with Crippen molar-refractivity contribution >= 4 is 34.1 Å². The van der Waals surface area contributed by atoms with Crippen molar-refractivity contribution in [1.29, 1.82) is 5.26 Å². The Labute approximate surface area is 171 Å². The number of hydrogen-bond acceptors (Lipinski definition) is 7. The molecule has 0 saturated carbocycles. The summed E-state index contributed by atoms with van der Waals surface area (Å²) in [5.41, 5.74) is 2.97. The molecular weight excluding hydrogens is 392 g/mol. The van der Waals surface area contributed by atoms with E-state index in [1.807, 2.05) is 6.07 Å². The topological polar surface area (TPSA) is 87.9 Å². The lowest BCUT2D eigenvalue weighted by Crippen LogP contribution is -2.30. The summed E-state index contributed by atoms with van der Waals surface area (Å²) in [4.78, 5) is 12.3. The standard InChI is InChI=1S/C20H18N4O2S2/c1-13-3-5-16(6-4-13)12-27-20-24-23-19(28-20)22-18(25)14(2)26-17-9-7-15(11-21)8-10-17/h3-10,14H,12H2,1-2H3,(H,22,23,25). The summed E-state index contributed by atoms with van der Waals surface area (Å²) in [5.74, 6) is 1.00. The molecule has 0 aliphatic rings. The van der Waals surface area contributed by atoms with Crippen LogP contribution in [0, 0.1) is 18.3 Å². The number of carbonyl (C=O) groups is 1. The molecule has 1 atom stereocenters. The molecule has 1 heterocycles. The lowest BCUT2D eigenvalue weighted by atomic mass is 10.2. The molecule has 28 heavy (non-hydrogen) atoms. The molecule has 0 saturated heterocycles. The second-order valence-electron chi connectivity index (χ2n) is 6.03. The number of ether oxygens (including phenoxy) is 1. The first-order valence-corrected chi connectivity index (χ1v) is 10.3. The van der Waals surface area contributed by atoms with Crippen LogP contribution in [0.2, 0.25) is 0 Å². The van der Waals surface area contributed by atoms with Gasteiger partial charge in [0, 0.05) is 5.75 Å². The Hall–Kier alpha value is -2.89. The molecule has 142 valence electrons. The fourth-order valence-corrected chi connectivity index (χ4v) is 3.93. The minimum atomic E-state index is -0.708. The fourth-order valence-electron chi connectivity index (χ4n) is 2.22. The highest BCUT2D eigenvalue weighted by atomic mass is 32.2. The number of benzene rings is 2. The average Bonchev–Trinajstić information content (AvgIpc) is 3.15. The Morgan fingerprint density at radius 2 is 1.93 bits per heavy atom. The highest BCUT2D eigenvalue weighted by Gasteiger charge is 2.17. The zero-order chi connectivity index (χ0) is 19.9. The maximum atomic E-state index is 12.3. The van der Waals surface area contributed by atoms with Crippen LogP contribution in [0.1, 0.15) is 23.6 Å². The zero-order valence-corrected chi connectivity index (χ0v) is 17.0. The van der Waals surface area contributed by atoms with Gasteiger partial charge in [-0.05, 0) is 43.7 Å². The summed E-state index contributed by atoms with van der Waals surface area (Å²) in [6.45, 7) is 3.71. The predicted molar refractivity (Wildman–Crippen MR) is 111 cm³/mol. The third kappa shape index (κ3) is 5.55. The smallest absolute Gasteiger partial charge is 0.266 e. The molecule has 1 unspecified atom stereocenters. The van der Waals surface area contributed by atoms with E-state index in [1.165, 1.54) is 22.5 Å². The predicted octanol–water partition coefficient (Wildman–Crippen LogP) is 4.42. The highest BCUT2D eigenvalue weighted by Crippen LogP contribution is 2.28. The van der Waals surface area contributed by atoms with Gasteiger partial charge in [0.2, 0.25) is 5.13 Å². The monoisotopic (exact) mass is 410 g/mol. The number of carbonyl (C=O) groups excluding carboxylic acids is 1. The van der Waals surface area contributed by atoms with Crippen molar-refractivity contribution in [3.8, 4) is 11.8 Å². The van der Waals surface area contributed by atoms with E-state index in [0.29, 0.717) is 16.4 Å². The number of aryl methyl sites for hydroxylation is 1. The van der Waals surface area contributed by atoms with E-state index in [9.17, 15) is 4.79 Å². The third-order valence-corrected chi connectivity index (χ3v) is 5.83. The van der Waals surface area contributed by atoms with E-state index in [4.69, 9.17) is 10.00 Å². The molecule has 6 nitrogen and oxygen atoms in total. The largest absolute Gasteiger partial charge is 0.481 e. The second-order valence-corrected chi connectivity index (χ2v) is 8.23. The van der Waals surface area contributed by atoms with E-state index in [1.54, 1.807) is 43.0 Å². The van der Waals surface area contributed by atoms with Crippen molar-refractivity contribution in [1.82, 2.24) is 10.2 Å². The summed E-state index contributed by atoms with van der Waals surface area (Å²) >= 11 is 2.91. The van der Waals surface area contributed by atoms with Crippen molar-refractivity contribution in [3.63, 3.8) is 0 Å². The number of nitriles is 1. The summed E-state index contributed by atoms with van der Waals surface area (Å²) in [7, 11) is 0. The van der Waals surface area contributed by atoms with E-state index in [0.717, 1.165) is 10.1 Å². The van der Waals surface area contributed by atoms with Gasteiger partial charge in [0.15, 0.2) is 10.4 Å². The van der Waals surface area contributed by atoms with E-state index >= 15 is 0 Å². The number of amides is 1. The van der Waals surface area contributed by atoms with Gasteiger partial charge in [0.05, 0.1) is 11.6 Å². The number of nitrogens with zero attached hydrogens (tertiary/aromatic N) is 3. The molecule has 0 aliphatic carbocycles. The third-order valence-electron chi connectivity index (χ3n) is 3.79. The van der Waals surface area contributed by atoms with E-state index in [-0.39, 0.29) is 5.91 Å². The molecular formula is C20H18N4O2S2. The second kappa shape index (κ2) is 9.35. The fraction of sp³-hybridized carbons (Fsp3) is 0.200. The molecule has 0 radical (unpaired) electrons. The lowest BCUT2D eigenvalue weighted by molar-refractivity contribution is -0.122. The number of rotatable bonds is 7. The average molecular weight is 411 g/mol. The van der Waals surface area contributed by atoms with Crippen LogP contribution in [-0.2, 0) is 10.5 Å². The van der Waals surface area contributed by atoms with Gasteiger partial charge in [-0.15, -0.1) is 10.2 Å². The Morgan fingerprint density at radius 3 is 2.61 bits per heavy atom. The van der Waals surface area contributed by atoms with Gasteiger partial charge >= 0.3 is 0 Å². The van der Waals surface area contributed by atoms with Gasteiger partial charge in [0.25, 0.3) is 5.91 Å². The Balaban J connectivity index is 1.51. The SMILES string of the molecule is Cc1ccc(CSc2nnc(NC(=O)C(C)Oc3ccc(C#N)cc3)s2)cc1. The molecule has 1 N–H and O–H groups in total. The maximum Gasteiger partial charge on any atom is 0.266 e. The molecule has 0 spiro atoms. The summed E-state index contributed by atoms with van der Waals surface area (Å²) in [6.07, 6.45) is -0.708. The molecule has 2 aromatic carbocycles. The Bertz CT molecular complexity index is 979. The van der Waals surface area contributed by atoms with Gasteiger partial charge in [-0.2, -0.15) is 5.26 Å². The van der Waals surface area contributed by atoms with Crippen LogP contribution < -0.4 is 10.1 Å². The first-order chi connectivity index (χ1) is 13.5. The van der Waals surface area contributed by atoms with Crippen LogP contribution in [0.5, 0.6) is 5.75 Å². The minimum absolute atomic E-state index is 0.310. The van der Waals surface area contributed by atoms with Crippen molar-refractivity contribution in [2.24, 2.45) is 0 Å². The molecule has 0 bridgehead atoms. The van der Waals surface area contributed by atoms with Gasteiger partial charge in [-0.1, -0.05) is 52.9 Å². The van der Waals surface area contributed by atoms with Crippen LogP contribution in [-0.4, -0.2) is 22.2 Å². The number of anilines is 1. The molecule has 3 aromatic rings. The highest BCUT2D eigenvalue weighted by molar-refractivity contribution is 8.00. The zero-order valence-electron chi connectivity index (χ0n) is 15.4. The van der Waals surface area contributed by atoms with Crippen LogP contribution in [0.25, 0.3) is 0 Å². The molecule has 8 heteroatoms. The van der Waals surface area contributed by atoms with Gasteiger partial charge in [0.1, 0.15) is 5.75 Å². The quantitative estimate of drug-likeness (QED) is 0.458. The summed E-state index contributed by atoms with van der Waals surface area (Å²) in [6, 6.07) is 17.0. The molecule has 3 rings (SSSR count). The molecule has 1 amide bonds. The van der Waals surface area contributed by atoms with Crippen molar-refractivity contribution in [3.05, 3.63) is 65.2 Å². The summed E-state index contributed by atoms with van der Waals surface area (Å²) < 4.78 is 6.39. The Kier molecular flexibility index (Phi) is 6.63. The van der Waals surface area contributed by atoms with Crippen molar-refractivity contribution in [2.75, 3.05) is 5.32 Å². The molecule has 0 fully saturated rings. The number of nitrogens with one attached hydrogen (secondary N) is 1. The first kappa shape index (κ1) is 19.9. The summed E-state index contributed by atoms with van der Waals surface area (Å²) in [5, 5.41) is 20.1. The van der Waals surface area contributed by atoms with Crippen LogP contribution in [0.4, 0.5) is 5.13 Å². The van der Waals surface area contributed by atoms with Crippen LogP contribution >= 0.6 is 23.1 Å². The van der Waals surface area contributed by atoms with Gasteiger partial charge < -0.3 is 4.74 Å². The van der Waals surface area contributed by atoms with Crippen LogP contribution in [0.3, 0.4) is 0 Å². The van der Waals surface area contributed by atoms with E-state index < -0.39 is 6.10 Å². The maximum absolute atomic E-state index is 12.3.